The van der Waals surface area contributed by atoms with Crippen molar-refractivity contribution in [3.8, 4) is 11.4 Å². The van der Waals surface area contributed by atoms with E-state index in [4.69, 9.17) is 4.98 Å². The minimum Gasteiger partial charge on any atom is -0.324 e. The molecule has 3 aromatic heterocycles. The number of pyridine rings is 2. The normalized spacial score (nSPS) is 18.5. The van der Waals surface area contributed by atoms with Crippen LogP contribution >= 0.6 is 0 Å². The van der Waals surface area contributed by atoms with E-state index in [1.54, 1.807) is 12.3 Å². The number of carbonyl (C=O) groups excluding carboxylic acids is 1. The van der Waals surface area contributed by atoms with Crippen LogP contribution in [0.5, 0.6) is 0 Å². The fraction of sp³-hybridized carbons (Fsp3) is 0.368. The molecule has 0 radical (unpaired) electrons. The number of alkyl halides is 2. The first-order valence-corrected chi connectivity index (χ1v) is 9.19. The summed E-state index contributed by atoms with van der Waals surface area (Å²) in [5.41, 5.74) is 2.40. The number of aromatic nitrogens is 4. The number of anilines is 1. The van der Waals surface area contributed by atoms with E-state index in [1.807, 2.05) is 18.3 Å². The maximum Gasteiger partial charge on any atom is 0.249 e. The van der Waals surface area contributed by atoms with Gasteiger partial charge in [-0.1, -0.05) is 0 Å². The van der Waals surface area contributed by atoms with Crippen LogP contribution in [0.3, 0.4) is 0 Å². The van der Waals surface area contributed by atoms with Gasteiger partial charge in [0.05, 0.1) is 29.6 Å². The van der Waals surface area contributed by atoms with Crippen LogP contribution in [0.25, 0.3) is 22.3 Å². The van der Waals surface area contributed by atoms with E-state index >= 15 is 0 Å². The number of hydrogen-bond acceptors (Lipinski definition) is 5. The molecule has 2 N–H and O–H groups in total. The van der Waals surface area contributed by atoms with Crippen LogP contribution in [0.15, 0.2) is 30.6 Å². The Morgan fingerprint density at radius 2 is 2.11 bits per heavy atom. The third-order valence-electron chi connectivity index (χ3n) is 5.28. The van der Waals surface area contributed by atoms with Crippen molar-refractivity contribution >= 4 is 22.6 Å². The van der Waals surface area contributed by atoms with Crippen LogP contribution in [-0.4, -0.2) is 37.9 Å². The van der Waals surface area contributed by atoms with E-state index < -0.39 is 30.6 Å². The third-order valence-corrected chi connectivity index (χ3v) is 5.28. The number of imidazole rings is 1. The van der Waals surface area contributed by atoms with Gasteiger partial charge in [0.15, 0.2) is 0 Å². The van der Waals surface area contributed by atoms with Gasteiger partial charge in [0, 0.05) is 49.5 Å². The van der Waals surface area contributed by atoms with Crippen molar-refractivity contribution in [3.63, 3.8) is 0 Å². The Kier molecular flexibility index (Phi) is 3.87. The maximum absolute atomic E-state index is 13.0. The first-order valence-electron chi connectivity index (χ1n) is 9.19. The smallest absolute Gasteiger partial charge is 0.249 e. The molecule has 4 heterocycles. The summed E-state index contributed by atoms with van der Waals surface area (Å²) in [5.74, 6) is -2.53. The van der Waals surface area contributed by atoms with Gasteiger partial charge in [-0.2, -0.15) is 0 Å². The van der Waals surface area contributed by atoms with Gasteiger partial charge < -0.3 is 15.2 Å². The zero-order chi connectivity index (χ0) is 19.3. The van der Waals surface area contributed by atoms with Crippen LogP contribution in [0.1, 0.15) is 18.7 Å². The van der Waals surface area contributed by atoms with Gasteiger partial charge in [0.25, 0.3) is 0 Å². The molecular weight excluding hydrogens is 366 g/mol. The van der Waals surface area contributed by atoms with Crippen molar-refractivity contribution in [1.29, 1.82) is 0 Å². The van der Waals surface area contributed by atoms with Crippen LogP contribution in [0.4, 0.5) is 14.6 Å². The molecule has 3 aromatic rings. The Labute approximate surface area is 159 Å². The van der Waals surface area contributed by atoms with Gasteiger partial charge in [-0.25, -0.2) is 23.7 Å². The highest BCUT2D eigenvalue weighted by molar-refractivity contribution is 5.94. The molecule has 1 fully saturated rings. The largest absolute Gasteiger partial charge is 0.324 e. The zero-order valence-corrected chi connectivity index (χ0v) is 15.0. The summed E-state index contributed by atoms with van der Waals surface area (Å²) in [6, 6.07) is 5.51. The Morgan fingerprint density at radius 1 is 1.25 bits per heavy atom. The predicted molar refractivity (Wildman–Crippen MR) is 98.8 cm³/mol. The summed E-state index contributed by atoms with van der Waals surface area (Å²) in [5, 5.41) is 6.74. The SMILES string of the molecule is O=C(Nc1cc2nc(-c3cnc4n3CCNC4)ccc2cn1)C1CC(F)(F)C1. The summed E-state index contributed by atoms with van der Waals surface area (Å²) >= 11 is 0. The van der Waals surface area contributed by atoms with Crippen molar-refractivity contribution in [1.82, 2.24) is 24.8 Å². The van der Waals surface area contributed by atoms with Crippen molar-refractivity contribution in [2.75, 3.05) is 11.9 Å². The summed E-state index contributed by atoms with van der Waals surface area (Å²) < 4.78 is 28.1. The Morgan fingerprint density at radius 3 is 2.93 bits per heavy atom. The summed E-state index contributed by atoms with van der Waals surface area (Å²) in [6.45, 7) is 2.44. The van der Waals surface area contributed by atoms with Crippen LogP contribution < -0.4 is 10.6 Å². The summed E-state index contributed by atoms with van der Waals surface area (Å²) in [7, 11) is 0. The third kappa shape index (κ3) is 3.01. The number of nitrogens with one attached hydrogen (secondary N) is 2. The molecule has 0 spiro atoms. The quantitative estimate of drug-likeness (QED) is 0.725. The number of halogens is 2. The minimum absolute atomic E-state index is 0.317. The molecule has 0 saturated heterocycles. The number of rotatable bonds is 3. The Hall–Kier alpha value is -2.94. The molecule has 9 heteroatoms. The number of amides is 1. The average Bonchev–Trinajstić information content (AvgIpc) is 3.09. The van der Waals surface area contributed by atoms with Gasteiger partial charge in [-0.15, -0.1) is 0 Å². The van der Waals surface area contributed by atoms with Gasteiger partial charge in [0.1, 0.15) is 11.6 Å². The number of hydrogen-bond donors (Lipinski definition) is 2. The molecule has 0 bridgehead atoms. The number of carbonyl (C=O) groups is 1. The number of fused-ring (bicyclic) bond motifs is 2. The summed E-state index contributed by atoms with van der Waals surface area (Å²) in [6.07, 6.45) is 2.62. The molecule has 7 nitrogen and oxygen atoms in total. The lowest BCUT2D eigenvalue weighted by molar-refractivity contribution is -0.145. The highest BCUT2D eigenvalue weighted by Crippen LogP contribution is 2.42. The van der Waals surface area contributed by atoms with Crippen LogP contribution in [0, 0.1) is 5.92 Å². The highest BCUT2D eigenvalue weighted by Gasteiger charge is 2.48. The highest BCUT2D eigenvalue weighted by atomic mass is 19.3. The second-order valence-electron chi connectivity index (χ2n) is 7.30. The lowest BCUT2D eigenvalue weighted by atomic mass is 9.81. The minimum atomic E-state index is -2.73. The molecule has 2 aliphatic rings. The lowest BCUT2D eigenvalue weighted by Gasteiger charge is -2.33. The van der Waals surface area contributed by atoms with E-state index in [1.165, 1.54) is 0 Å². The molecule has 0 aromatic carbocycles. The molecule has 144 valence electrons. The molecule has 1 aliphatic heterocycles. The molecule has 1 amide bonds. The summed E-state index contributed by atoms with van der Waals surface area (Å²) in [4.78, 5) is 25.5. The average molecular weight is 384 g/mol. The van der Waals surface area contributed by atoms with E-state index in [2.05, 4.69) is 25.2 Å². The van der Waals surface area contributed by atoms with Crippen LogP contribution in [0.2, 0.25) is 0 Å². The van der Waals surface area contributed by atoms with Crippen molar-refractivity contribution < 1.29 is 13.6 Å². The number of nitrogens with zero attached hydrogens (tertiary/aromatic N) is 4. The molecule has 1 aliphatic carbocycles. The topological polar surface area (TPSA) is 84.7 Å². The van der Waals surface area contributed by atoms with Crippen molar-refractivity contribution in [3.05, 3.63) is 36.4 Å². The first-order chi connectivity index (χ1) is 13.5. The van der Waals surface area contributed by atoms with E-state index in [0.29, 0.717) is 11.3 Å². The van der Waals surface area contributed by atoms with Crippen molar-refractivity contribution in [2.45, 2.75) is 31.9 Å². The first kappa shape index (κ1) is 17.2. The van der Waals surface area contributed by atoms with E-state index in [0.717, 1.165) is 42.2 Å². The second-order valence-corrected chi connectivity index (χ2v) is 7.30. The lowest BCUT2D eigenvalue weighted by Crippen LogP contribution is -2.42. The van der Waals surface area contributed by atoms with Gasteiger partial charge in [-0.05, 0) is 12.1 Å². The molecule has 1 saturated carbocycles. The fourth-order valence-electron chi connectivity index (χ4n) is 3.70. The molecular formula is C19H18F2N6O. The molecule has 5 rings (SSSR count). The monoisotopic (exact) mass is 384 g/mol. The van der Waals surface area contributed by atoms with Gasteiger partial charge in [-0.3, -0.25) is 4.79 Å². The Bertz CT molecular complexity index is 1070. The van der Waals surface area contributed by atoms with E-state index in [9.17, 15) is 13.6 Å². The Balaban J connectivity index is 1.42. The van der Waals surface area contributed by atoms with Crippen molar-refractivity contribution in [2.24, 2.45) is 5.92 Å². The molecule has 0 atom stereocenters. The second kappa shape index (κ2) is 6.30. The molecule has 28 heavy (non-hydrogen) atoms. The van der Waals surface area contributed by atoms with E-state index in [-0.39, 0.29) is 0 Å². The van der Waals surface area contributed by atoms with Crippen LogP contribution in [-0.2, 0) is 17.9 Å². The fourth-order valence-corrected chi connectivity index (χ4v) is 3.70. The maximum atomic E-state index is 13.0. The zero-order valence-electron chi connectivity index (χ0n) is 15.0. The predicted octanol–water partition coefficient (Wildman–Crippen LogP) is 2.58. The molecule has 0 unspecified atom stereocenters. The van der Waals surface area contributed by atoms with Gasteiger partial charge >= 0.3 is 0 Å². The van der Waals surface area contributed by atoms with Gasteiger partial charge in [0.2, 0.25) is 11.8 Å². The standard InChI is InChI=1S/C19H18F2N6O/c20-19(21)6-12(7-19)18(28)26-16-5-14-11(8-23-16)1-2-13(25-14)15-9-24-17-10-22-3-4-27(15)17/h1-2,5,8-9,12,22H,3-4,6-7,10H2,(H,23,26,28).